The summed E-state index contributed by atoms with van der Waals surface area (Å²) in [5, 5.41) is 8.95. The van der Waals surface area contributed by atoms with Crippen molar-refractivity contribution in [2.45, 2.75) is 6.92 Å². The molecule has 0 saturated heterocycles. The third kappa shape index (κ3) is 2.29. The fourth-order valence-electron chi connectivity index (χ4n) is 1.59. The highest BCUT2D eigenvalue weighted by Crippen LogP contribution is 2.28. The number of carbonyl (C=O) groups is 1. The van der Waals surface area contributed by atoms with E-state index < -0.39 is 5.97 Å². The van der Waals surface area contributed by atoms with Gasteiger partial charge >= 0.3 is 5.97 Å². The van der Waals surface area contributed by atoms with Crippen molar-refractivity contribution >= 4 is 5.97 Å². The summed E-state index contributed by atoms with van der Waals surface area (Å²) in [6, 6.07) is 6.76. The molecule has 0 atom stereocenters. The molecule has 0 aliphatic carbocycles. The second-order valence-corrected chi connectivity index (χ2v) is 3.76. The summed E-state index contributed by atoms with van der Waals surface area (Å²) in [6.45, 7) is 1.92. The molecule has 94 valence electrons. The number of hydrogen-bond donors (Lipinski definition) is 2. The number of nitrogens with one attached hydrogen (secondary N) is 1. The van der Waals surface area contributed by atoms with Crippen LogP contribution in [0.3, 0.4) is 0 Å². The maximum absolute atomic E-state index is 10.9. The molecule has 1 aromatic carbocycles. The van der Waals surface area contributed by atoms with Crippen LogP contribution in [-0.2, 0) is 0 Å². The van der Waals surface area contributed by atoms with E-state index >= 15 is 0 Å². The monoisotopic (exact) mass is 247 g/mol. The molecule has 5 nitrogen and oxygen atoms in total. The van der Waals surface area contributed by atoms with Gasteiger partial charge in [-0.2, -0.15) is 0 Å². The molecule has 0 aliphatic heterocycles. The minimum absolute atomic E-state index is 0.0922. The van der Waals surface area contributed by atoms with Crippen LogP contribution in [0.1, 0.15) is 15.9 Å². The fourth-order valence-corrected chi connectivity index (χ4v) is 1.59. The molecule has 0 radical (unpaired) electrons. The Morgan fingerprint density at radius 2 is 2.11 bits per heavy atom. The zero-order valence-corrected chi connectivity index (χ0v) is 10.1. The highest BCUT2D eigenvalue weighted by atomic mass is 16.5. The van der Waals surface area contributed by atoms with Crippen molar-refractivity contribution in [3.63, 3.8) is 0 Å². The maximum Gasteiger partial charge on any atom is 0.341 e. The van der Waals surface area contributed by atoms with E-state index in [2.05, 4.69) is 4.98 Å². The maximum atomic E-state index is 10.9. The molecule has 0 amide bonds. The van der Waals surface area contributed by atoms with Crippen LogP contribution in [0.2, 0.25) is 0 Å². The lowest BCUT2D eigenvalue weighted by atomic mass is 10.2. The van der Waals surface area contributed by atoms with Gasteiger partial charge < -0.3 is 19.6 Å². The van der Waals surface area contributed by atoms with E-state index in [1.54, 1.807) is 19.2 Å². The third-order valence-corrected chi connectivity index (χ3v) is 2.54. The average molecular weight is 247 g/mol. The van der Waals surface area contributed by atoms with Crippen LogP contribution in [0.5, 0.6) is 17.4 Å². The molecule has 2 aromatic rings. The van der Waals surface area contributed by atoms with E-state index in [1.165, 1.54) is 12.3 Å². The van der Waals surface area contributed by atoms with Crippen molar-refractivity contribution in [2.75, 3.05) is 7.11 Å². The predicted octanol–water partition coefficient (Wildman–Crippen LogP) is 2.82. The molecule has 0 bridgehead atoms. The summed E-state index contributed by atoms with van der Waals surface area (Å²) in [6.07, 6.45) is 1.52. The van der Waals surface area contributed by atoms with Gasteiger partial charge in [-0.3, -0.25) is 0 Å². The summed E-state index contributed by atoms with van der Waals surface area (Å²) in [5.74, 6) is 0.372. The minimum Gasteiger partial charge on any atom is -0.496 e. The Labute approximate surface area is 104 Å². The third-order valence-electron chi connectivity index (χ3n) is 2.54. The second-order valence-electron chi connectivity index (χ2n) is 3.76. The van der Waals surface area contributed by atoms with Crippen molar-refractivity contribution in [1.82, 2.24) is 4.98 Å². The number of carboxylic acid groups (broad SMARTS) is 1. The molecular weight excluding hydrogens is 234 g/mol. The zero-order valence-electron chi connectivity index (χ0n) is 10.1. The van der Waals surface area contributed by atoms with Gasteiger partial charge in [0.2, 0.25) is 5.88 Å². The molecule has 1 aromatic heterocycles. The normalized spacial score (nSPS) is 10.1. The zero-order chi connectivity index (χ0) is 13.1. The Morgan fingerprint density at radius 1 is 1.33 bits per heavy atom. The van der Waals surface area contributed by atoms with Crippen LogP contribution in [0.25, 0.3) is 0 Å². The summed E-state index contributed by atoms with van der Waals surface area (Å²) in [4.78, 5) is 13.7. The summed E-state index contributed by atoms with van der Waals surface area (Å²) >= 11 is 0. The van der Waals surface area contributed by atoms with E-state index in [9.17, 15) is 4.79 Å². The van der Waals surface area contributed by atoms with Gasteiger partial charge in [0.25, 0.3) is 0 Å². The van der Waals surface area contributed by atoms with Crippen molar-refractivity contribution in [3.05, 3.63) is 41.6 Å². The number of aromatic amines is 1. The number of hydrogen-bond acceptors (Lipinski definition) is 3. The predicted molar refractivity (Wildman–Crippen MR) is 65.6 cm³/mol. The largest absolute Gasteiger partial charge is 0.496 e. The first-order valence-corrected chi connectivity index (χ1v) is 5.35. The summed E-state index contributed by atoms with van der Waals surface area (Å²) in [5.41, 5.74) is 1.07. The van der Waals surface area contributed by atoms with Crippen molar-refractivity contribution in [1.29, 1.82) is 0 Å². The minimum atomic E-state index is -1.04. The molecule has 0 spiro atoms. The van der Waals surface area contributed by atoms with Gasteiger partial charge in [0.05, 0.1) is 7.11 Å². The van der Waals surface area contributed by atoms with Gasteiger partial charge in [-0.05, 0) is 24.6 Å². The lowest BCUT2D eigenvalue weighted by Gasteiger charge is -2.08. The number of benzene rings is 1. The first-order valence-electron chi connectivity index (χ1n) is 5.35. The van der Waals surface area contributed by atoms with Gasteiger partial charge in [-0.25, -0.2) is 4.79 Å². The highest BCUT2D eigenvalue weighted by Gasteiger charge is 2.13. The lowest BCUT2D eigenvalue weighted by Crippen LogP contribution is -1.97. The smallest absolute Gasteiger partial charge is 0.341 e. The van der Waals surface area contributed by atoms with Crippen LogP contribution < -0.4 is 9.47 Å². The van der Waals surface area contributed by atoms with E-state index in [1.807, 2.05) is 13.0 Å². The molecule has 0 aliphatic rings. The Bertz CT molecular complexity index is 574. The topological polar surface area (TPSA) is 71.5 Å². The van der Waals surface area contributed by atoms with Crippen molar-refractivity contribution in [2.24, 2.45) is 0 Å². The van der Waals surface area contributed by atoms with Crippen molar-refractivity contribution in [3.8, 4) is 17.4 Å². The first-order chi connectivity index (χ1) is 8.61. The highest BCUT2D eigenvalue weighted by molar-refractivity contribution is 5.90. The molecule has 18 heavy (non-hydrogen) atoms. The summed E-state index contributed by atoms with van der Waals surface area (Å²) < 4.78 is 10.7. The van der Waals surface area contributed by atoms with Crippen LogP contribution in [0.15, 0.2) is 30.5 Å². The van der Waals surface area contributed by atoms with Crippen LogP contribution >= 0.6 is 0 Å². The standard InChI is InChI=1S/C13H13NO4/c1-8-3-4-9(7-11(8)17-2)18-12-10(13(15)16)5-6-14-12/h3-7,14H,1-2H3,(H,15,16). The molecule has 5 heteroatoms. The molecule has 1 heterocycles. The second kappa shape index (κ2) is 4.83. The number of aryl methyl sites for hydroxylation is 1. The number of rotatable bonds is 4. The van der Waals surface area contributed by atoms with E-state index in [0.717, 1.165) is 5.56 Å². The summed E-state index contributed by atoms with van der Waals surface area (Å²) in [7, 11) is 1.57. The lowest BCUT2D eigenvalue weighted by molar-refractivity contribution is 0.0694. The number of carboxylic acids is 1. The van der Waals surface area contributed by atoms with Crippen molar-refractivity contribution < 1.29 is 19.4 Å². The number of ether oxygens (including phenoxy) is 2. The van der Waals surface area contributed by atoms with E-state index in [4.69, 9.17) is 14.6 Å². The Hall–Kier alpha value is -2.43. The molecule has 0 unspecified atom stereocenters. The Kier molecular flexibility index (Phi) is 3.23. The van der Waals surface area contributed by atoms with Gasteiger partial charge in [0.15, 0.2) is 0 Å². The van der Waals surface area contributed by atoms with E-state index in [-0.39, 0.29) is 11.4 Å². The molecule has 2 N–H and O–H groups in total. The van der Waals surface area contributed by atoms with Gasteiger partial charge in [0, 0.05) is 12.3 Å². The fraction of sp³-hybridized carbons (Fsp3) is 0.154. The average Bonchev–Trinajstić information content (AvgIpc) is 2.80. The number of aromatic carboxylic acids is 1. The molecular formula is C13H13NO4. The Morgan fingerprint density at radius 3 is 2.78 bits per heavy atom. The quantitative estimate of drug-likeness (QED) is 0.871. The Balaban J connectivity index is 2.28. The molecule has 2 rings (SSSR count). The van der Waals surface area contributed by atoms with Crippen LogP contribution in [0, 0.1) is 6.92 Å². The number of aromatic nitrogens is 1. The van der Waals surface area contributed by atoms with E-state index in [0.29, 0.717) is 11.5 Å². The molecule has 0 fully saturated rings. The van der Waals surface area contributed by atoms with Crippen LogP contribution in [-0.4, -0.2) is 23.2 Å². The van der Waals surface area contributed by atoms with Gasteiger partial charge in [-0.1, -0.05) is 6.07 Å². The van der Waals surface area contributed by atoms with Gasteiger partial charge in [0.1, 0.15) is 17.1 Å². The molecule has 0 saturated carbocycles. The number of H-pyrrole nitrogens is 1. The first kappa shape index (κ1) is 12.0. The SMILES string of the molecule is COc1cc(Oc2[nH]ccc2C(=O)O)ccc1C. The van der Waals surface area contributed by atoms with Gasteiger partial charge in [-0.15, -0.1) is 0 Å². The van der Waals surface area contributed by atoms with Crippen LogP contribution in [0.4, 0.5) is 0 Å². The number of methoxy groups -OCH3 is 1.